The Bertz CT molecular complexity index is 480. The molecule has 0 fully saturated rings. The van der Waals surface area contributed by atoms with Gasteiger partial charge in [0.1, 0.15) is 0 Å². The molecule has 0 saturated carbocycles. The van der Waals surface area contributed by atoms with E-state index in [0.717, 1.165) is 0 Å². The molecule has 0 spiro atoms. The standard InChI is InChI=1S/C7H4ClN3O2/c8-4-1-2-5-9-6(7(12)13)10-11(5)3-4/h1-3H,(H,12,13). The second-order valence-electron chi connectivity index (χ2n) is 2.39. The molecule has 0 radical (unpaired) electrons. The lowest BCUT2D eigenvalue weighted by molar-refractivity contribution is 0.0684. The van der Waals surface area contributed by atoms with Crippen molar-refractivity contribution in [1.82, 2.24) is 14.6 Å². The SMILES string of the molecule is O=C(O)c1nc2ccc(Cl)cn2n1. The average Bonchev–Trinajstić information content (AvgIpc) is 2.46. The number of hydrogen-bond acceptors (Lipinski definition) is 3. The third-order valence-electron chi connectivity index (χ3n) is 1.49. The van der Waals surface area contributed by atoms with Crippen LogP contribution in [0.1, 0.15) is 10.6 Å². The molecular formula is C7H4ClN3O2. The first-order chi connectivity index (χ1) is 6.16. The van der Waals surface area contributed by atoms with E-state index < -0.39 is 5.97 Å². The van der Waals surface area contributed by atoms with Crippen molar-refractivity contribution in [2.45, 2.75) is 0 Å². The summed E-state index contributed by atoms with van der Waals surface area (Å²) >= 11 is 5.67. The van der Waals surface area contributed by atoms with E-state index >= 15 is 0 Å². The summed E-state index contributed by atoms with van der Waals surface area (Å²) in [7, 11) is 0. The maximum absolute atomic E-state index is 10.5. The van der Waals surface area contributed by atoms with Gasteiger partial charge in [-0.05, 0) is 12.1 Å². The average molecular weight is 198 g/mol. The van der Waals surface area contributed by atoms with Gasteiger partial charge in [-0.3, -0.25) is 0 Å². The van der Waals surface area contributed by atoms with Crippen molar-refractivity contribution in [3.8, 4) is 0 Å². The van der Waals surface area contributed by atoms with Gasteiger partial charge in [-0.25, -0.2) is 14.3 Å². The first-order valence-electron chi connectivity index (χ1n) is 3.42. The summed E-state index contributed by atoms with van der Waals surface area (Å²) in [5, 5.41) is 12.8. The van der Waals surface area contributed by atoms with Gasteiger partial charge in [0.05, 0.1) is 5.02 Å². The van der Waals surface area contributed by atoms with Gasteiger partial charge in [0.15, 0.2) is 5.65 Å². The van der Waals surface area contributed by atoms with Crippen molar-refractivity contribution < 1.29 is 9.90 Å². The first kappa shape index (κ1) is 8.00. The van der Waals surface area contributed by atoms with Crippen molar-refractivity contribution in [2.75, 3.05) is 0 Å². The number of halogens is 1. The van der Waals surface area contributed by atoms with E-state index in [0.29, 0.717) is 10.7 Å². The highest BCUT2D eigenvalue weighted by Gasteiger charge is 2.09. The van der Waals surface area contributed by atoms with Crippen LogP contribution in [-0.4, -0.2) is 25.7 Å². The lowest BCUT2D eigenvalue weighted by atomic mass is 10.5. The molecule has 13 heavy (non-hydrogen) atoms. The minimum absolute atomic E-state index is 0.234. The van der Waals surface area contributed by atoms with Gasteiger partial charge in [0.2, 0.25) is 0 Å². The third-order valence-corrected chi connectivity index (χ3v) is 1.71. The van der Waals surface area contributed by atoms with Gasteiger partial charge >= 0.3 is 5.97 Å². The number of fused-ring (bicyclic) bond motifs is 1. The number of hydrogen-bond donors (Lipinski definition) is 1. The van der Waals surface area contributed by atoms with Crippen LogP contribution in [0, 0.1) is 0 Å². The van der Waals surface area contributed by atoms with E-state index in [4.69, 9.17) is 16.7 Å². The van der Waals surface area contributed by atoms with Crippen molar-refractivity contribution in [3.63, 3.8) is 0 Å². The van der Waals surface area contributed by atoms with E-state index in [2.05, 4.69) is 10.1 Å². The molecule has 0 atom stereocenters. The summed E-state index contributed by atoms with van der Waals surface area (Å²) in [6.45, 7) is 0. The number of carboxylic acids is 1. The van der Waals surface area contributed by atoms with Crippen LogP contribution < -0.4 is 0 Å². The van der Waals surface area contributed by atoms with Gasteiger partial charge in [-0.1, -0.05) is 11.6 Å². The van der Waals surface area contributed by atoms with Crippen LogP contribution in [0.15, 0.2) is 18.3 Å². The zero-order chi connectivity index (χ0) is 9.42. The smallest absolute Gasteiger partial charge is 0.375 e. The highest BCUT2D eigenvalue weighted by molar-refractivity contribution is 6.30. The first-order valence-corrected chi connectivity index (χ1v) is 3.80. The van der Waals surface area contributed by atoms with Crippen LogP contribution in [0.2, 0.25) is 5.02 Å². The Balaban J connectivity index is 2.68. The van der Waals surface area contributed by atoms with Crippen LogP contribution in [0.3, 0.4) is 0 Å². The van der Waals surface area contributed by atoms with Crippen molar-refractivity contribution in [2.24, 2.45) is 0 Å². The number of rotatable bonds is 1. The van der Waals surface area contributed by atoms with Gasteiger partial charge in [0.25, 0.3) is 5.82 Å². The Morgan fingerprint density at radius 3 is 3.00 bits per heavy atom. The molecule has 6 heteroatoms. The molecule has 66 valence electrons. The van der Waals surface area contributed by atoms with E-state index in [-0.39, 0.29) is 5.82 Å². The summed E-state index contributed by atoms with van der Waals surface area (Å²) in [5.41, 5.74) is 0.460. The van der Waals surface area contributed by atoms with Gasteiger partial charge < -0.3 is 5.11 Å². The molecule has 1 N–H and O–H groups in total. The number of carboxylic acid groups (broad SMARTS) is 1. The number of pyridine rings is 1. The Kier molecular flexibility index (Phi) is 1.66. The zero-order valence-corrected chi connectivity index (χ0v) is 7.06. The Morgan fingerprint density at radius 2 is 2.31 bits per heavy atom. The van der Waals surface area contributed by atoms with Gasteiger partial charge in [-0.15, -0.1) is 5.10 Å². The Labute approximate surface area is 77.6 Å². The molecule has 0 aliphatic heterocycles. The lowest BCUT2D eigenvalue weighted by Crippen LogP contribution is -1.99. The molecule has 0 amide bonds. The summed E-state index contributed by atoms with van der Waals surface area (Å²) in [4.78, 5) is 14.2. The number of aromatic nitrogens is 3. The lowest BCUT2D eigenvalue weighted by Gasteiger charge is -1.89. The zero-order valence-electron chi connectivity index (χ0n) is 6.31. The predicted octanol–water partition coefficient (Wildman–Crippen LogP) is 1.08. The van der Waals surface area contributed by atoms with Crippen molar-refractivity contribution >= 4 is 23.2 Å². The van der Waals surface area contributed by atoms with Crippen LogP contribution in [0.5, 0.6) is 0 Å². The van der Waals surface area contributed by atoms with E-state index in [1.54, 1.807) is 12.1 Å². The topological polar surface area (TPSA) is 67.5 Å². The highest BCUT2D eigenvalue weighted by Crippen LogP contribution is 2.09. The number of aromatic carboxylic acids is 1. The minimum atomic E-state index is -1.15. The van der Waals surface area contributed by atoms with Crippen molar-refractivity contribution in [3.05, 3.63) is 29.2 Å². The van der Waals surface area contributed by atoms with E-state index in [9.17, 15) is 4.79 Å². The van der Waals surface area contributed by atoms with E-state index in [1.807, 2.05) is 0 Å². The molecule has 0 aliphatic carbocycles. The maximum Gasteiger partial charge on any atom is 0.375 e. The quantitative estimate of drug-likeness (QED) is 0.743. The fourth-order valence-electron chi connectivity index (χ4n) is 0.949. The van der Waals surface area contributed by atoms with Crippen molar-refractivity contribution in [1.29, 1.82) is 0 Å². The Morgan fingerprint density at radius 1 is 1.54 bits per heavy atom. The van der Waals surface area contributed by atoms with Crippen LogP contribution in [0.25, 0.3) is 5.65 Å². The van der Waals surface area contributed by atoms with Gasteiger partial charge in [-0.2, -0.15) is 0 Å². The minimum Gasteiger partial charge on any atom is -0.475 e. The molecule has 0 aromatic carbocycles. The molecule has 0 bridgehead atoms. The molecule has 0 unspecified atom stereocenters. The summed E-state index contributed by atoms with van der Waals surface area (Å²) < 4.78 is 1.33. The molecule has 2 aromatic rings. The molecule has 0 saturated heterocycles. The maximum atomic E-state index is 10.5. The summed E-state index contributed by atoms with van der Waals surface area (Å²) in [6.07, 6.45) is 1.50. The normalized spacial score (nSPS) is 10.5. The molecule has 5 nitrogen and oxygen atoms in total. The molecule has 2 heterocycles. The number of carbonyl (C=O) groups is 1. The molecular weight excluding hydrogens is 194 g/mol. The summed E-state index contributed by atoms with van der Waals surface area (Å²) in [5.74, 6) is -1.39. The fraction of sp³-hybridized carbons (Fsp3) is 0. The molecule has 2 rings (SSSR count). The summed E-state index contributed by atoms with van der Waals surface area (Å²) in [6, 6.07) is 3.22. The molecule has 2 aromatic heterocycles. The monoisotopic (exact) mass is 197 g/mol. The number of nitrogens with zero attached hydrogens (tertiary/aromatic N) is 3. The Hall–Kier alpha value is -1.62. The second-order valence-corrected chi connectivity index (χ2v) is 2.83. The predicted molar refractivity (Wildman–Crippen MR) is 45.0 cm³/mol. The third kappa shape index (κ3) is 1.33. The van der Waals surface area contributed by atoms with E-state index in [1.165, 1.54) is 10.7 Å². The molecule has 0 aliphatic rings. The van der Waals surface area contributed by atoms with Crippen LogP contribution in [-0.2, 0) is 0 Å². The van der Waals surface area contributed by atoms with Crippen LogP contribution >= 0.6 is 11.6 Å². The second kappa shape index (κ2) is 2.70. The fourth-order valence-corrected chi connectivity index (χ4v) is 1.10. The van der Waals surface area contributed by atoms with Gasteiger partial charge in [0, 0.05) is 6.20 Å². The highest BCUT2D eigenvalue weighted by atomic mass is 35.5. The largest absolute Gasteiger partial charge is 0.475 e. The van der Waals surface area contributed by atoms with Crippen LogP contribution in [0.4, 0.5) is 0 Å².